The summed E-state index contributed by atoms with van der Waals surface area (Å²) in [5, 5.41) is 46.5. The number of Topliss-reactive ketones (excluding diaryl/α,β-unsaturated/α-hetero) is 2. The Bertz CT molecular complexity index is 1480. The van der Waals surface area contributed by atoms with E-state index in [4.69, 9.17) is 10.5 Å². The lowest BCUT2D eigenvalue weighted by atomic mass is 9.54. The van der Waals surface area contributed by atoms with Crippen LogP contribution in [-0.4, -0.2) is 80.6 Å². The molecular formula is C31H38N2O9. The van der Waals surface area contributed by atoms with Crippen LogP contribution in [0, 0.1) is 17.8 Å². The predicted octanol–water partition coefficient (Wildman–Crippen LogP) is 2.14. The van der Waals surface area contributed by atoms with Gasteiger partial charge in [-0.1, -0.05) is 46.2 Å². The van der Waals surface area contributed by atoms with Gasteiger partial charge in [0.25, 0.3) is 5.91 Å². The first kappa shape index (κ1) is 29.8. The molecule has 4 aliphatic carbocycles. The van der Waals surface area contributed by atoms with Crippen LogP contribution in [0.4, 0.5) is 0 Å². The molecular weight excluding hydrogens is 544 g/mol. The van der Waals surface area contributed by atoms with Crippen molar-refractivity contribution in [3.05, 3.63) is 45.7 Å². The first-order valence-electron chi connectivity index (χ1n) is 14.2. The molecule has 0 aromatic heterocycles. The van der Waals surface area contributed by atoms with Gasteiger partial charge in [-0.05, 0) is 43.8 Å². The second-order valence-electron chi connectivity index (χ2n) is 13.3. The number of phenolic OH excluding ortho intramolecular Hbond substituents is 1. The van der Waals surface area contributed by atoms with Gasteiger partial charge < -0.3 is 30.9 Å². The number of esters is 1. The molecule has 11 heteroatoms. The topological polar surface area (TPSA) is 188 Å². The summed E-state index contributed by atoms with van der Waals surface area (Å²) < 4.78 is 6.07. The van der Waals surface area contributed by atoms with E-state index in [1.165, 1.54) is 19.0 Å². The molecule has 0 radical (unpaired) electrons. The summed E-state index contributed by atoms with van der Waals surface area (Å²) in [6.45, 7) is 7.36. The van der Waals surface area contributed by atoms with E-state index < -0.39 is 87.4 Å². The Labute approximate surface area is 243 Å². The van der Waals surface area contributed by atoms with Crippen LogP contribution >= 0.6 is 0 Å². The highest BCUT2D eigenvalue weighted by Gasteiger charge is 2.69. The van der Waals surface area contributed by atoms with Crippen molar-refractivity contribution in [3.63, 3.8) is 0 Å². The Hall–Kier alpha value is -3.70. The molecule has 42 heavy (non-hydrogen) atoms. The van der Waals surface area contributed by atoms with E-state index in [-0.39, 0.29) is 16.9 Å². The average molecular weight is 583 g/mol. The fourth-order valence-corrected chi connectivity index (χ4v) is 7.21. The number of hydrogen-bond donors (Lipinski definition) is 5. The molecule has 0 heterocycles. The number of nitrogens with two attached hydrogens (primary N) is 1. The highest BCUT2D eigenvalue weighted by Crippen LogP contribution is 2.57. The minimum atomic E-state index is -2.95. The van der Waals surface area contributed by atoms with Crippen LogP contribution in [0.5, 0.6) is 5.75 Å². The van der Waals surface area contributed by atoms with Gasteiger partial charge in [-0.25, -0.2) is 0 Å². The van der Waals surface area contributed by atoms with Crippen LogP contribution in [-0.2, 0) is 29.3 Å². The number of amides is 1. The van der Waals surface area contributed by atoms with Gasteiger partial charge in [-0.2, -0.15) is 0 Å². The molecule has 6 N–H and O–H groups in total. The number of aromatic hydroxyl groups is 1. The number of aliphatic hydroxyl groups excluding tert-OH is 2. The normalized spacial score (nSPS) is 31.4. The van der Waals surface area contributed by atoms with Crippen LogP contribution < -0.4 is 5.73 Å². The van der Waals surface area contributed by atoms with Crippen LogP contribution in [0.15, 0.2) is 29.0 Å². The molecule has 0 saturated heterocycles. The Morgan fingerprint density at radius 1 is 1.10 bits per heavy atom. The molecule has 1 aromatic rings. The van der Waals surface area contributed by atoms with Crippen LogP contribution in [0.2, 0.25) is 0 Å². The van der Waals surface area contributed by atoms with E-state index in [9.17, 15) is 39.6 Å². The highest BCUT2D eigenvalue weighted by molar-refractivity contribution is 6.24. The number of aliphatic hydroxyl groups is 3. The number of phenols is 1. The maximum atomic E-state index is 14.4. The lowest BCUT2D eigenvalue weighted by molar-refractivity contribution is -0.189. The zero-order valence-electron chi connectivity index (χ0n) is 24.6. The van der Waals surface area contributed by atoms with Crippen molar-refractivity contribution in [1.82, 2.24) is 4.90 Å². The van der Waals surface area contributed by atoms with Crippen molar-refractivity contribution in [2.45, 2.75) is 76.0 Å². The number of fused-ring (bicyclic) bond motifs is 3. The van der Waals surface area contributed by atoms with Crippen molar-refractivity contribution in [1.29, 1.82) is 0 Å². The number of primary amides is 1. The van der Waals surface area contributed by atoms with Gasteiger partial charge >= 0.3 is 5.97 Å². The smallest absolute Gasteiger partial charge is 0.309 e. The number of hydrogen-bond acceptors (Lipinski definition) is 10. The first-order valence-corrected chi connectivity index (χ1v) is 14.2. The van der Waals surface area contributed by atoms with Gasteiger partial charge in [0.15, 0.2) is 11.4 Å². The molecule has 0 spiro atoms. The number of rotatable bonds is 4. The average Bonchev–Trinajstić information content (AvgIpc) is 2.83. The maximum absolute atomic E-state index is 14.4. The summed E-state index contributed by atoms with van der Waals surface area (Å²) in [7, 11) is 2.99. The molecule has 0 aliphatic heterocycles. The molecule has 1 aromatic carbocycles. The van der Waals surface area contributed by atoms with Gasteiger partial charge in [0.1, 0.15) is 28.9 Å². The lowest BCUT2D eigenvalue weighted by Gasteiger charge is -2.54. The number of nitrogens with zero attached hydrogens (tertiary/aromatic N) is 1. The quantitative estimate of drug-likeness (QED) is 0.260. The third kappa shape index (κ3) is 3.93. The molecule has 226 valence electrons. The molecule has 6 atom stereocenters. The largest absolute Gasteiger partial charge is 0.508 e. The van der Waals surface area contributed by atoms with Crippen molar-refractivity contribution < 1.29 is 44.3 Å². The summed E-state index contributed by atoms with van der Waals surface area (Å²) in [6, 6.07) is 2.08. The minimum Gasteiger partial charge on any atom is -0.508 e. The van der Waals surface area contributed by atoms with E-state index >= 15 is 0 Å². The highest BCUT2D eigenvalue weighted by atomic mass is 16.5. The van der Waals surface area contributed by atoms with Gasteiger partial charge in [-0.3, -0.25) is 24.1 Å². The number of carbonyl (C=O) groups is 4. The Kier molecular flexibility index (Phi) is 6.86. The molecule has 2 fully saturated rings. The zero-order chi connectivity index (χ0) is 31.2. The Morgan fingerprint density at radius 3 is 2.21 bits per heavy atom. The van der Waals surface area contributed by atoms with Crippen molar-refractivity contribution in [2.24, 2.45) is 23.5 Å². The van der Waals surface area contributed by atoms with Crippen LogP contribution in [0.1, 0.15) is 69.6 Å². The molecule has 5 rings (SSSR count). The maximum Gasteiger partial charge on any atom is 0.309 e. The number of ether oxygens (including phenoxy) is 1. The van der Waals surface area contributed by atoms with E-state index in [0.717, 1.165) is 6.42 Å². The molecule has 0 bridgehead atoms. The second kappa shape index (κ2) is 9.67. The van der Waals surface area contributed by atoms with Gasteiger partial charge in [0.05, 0.1) is 23.4 Å². The van der Waals surface area contributed by atoms with Gasteiger partial charge in [-0.15, -0.1) is 0 Å². The lowest BCUT2D eigenvalue weighted by Crippen LogP contribution is -2.71. The fraction of sp³-hybridized carbons (Fsp3) is 0.548. The fourth-order valence-electron chi connectivity index (χ4n) is 7.21. The molecule has 2 saturated carbocycles. The van der Waals surface area contributed by atoms with E-state index in [1.54, 1.807) is 19.1 Å². The van der Waals surface area contributed by atoms with Crippen molar-refractivity contribution in [3.8, 4) is 5.75 Å². The summed E-state index contributed by atoms with van der Waals surface area (Å²) in [4.78, 5) is 55.1. The van der Waals surface area contributed by atoms with Crippen molar-refractivity contribution in [2.75, 3.05) is 14.1 Å². The Morgan fingerprint density at radius 2 is 1.71 bits per heavy atom. The van der Waals surface area contributed by atoms with Gasteiger partial charge in [0.2, 0.25) is 5.78 Å². The zero-order valence-corrected chi connectivity index (χ0v) is 24.6. The minimum absolute atomic E-state index is 0.00437. The first-order chi connectivity index (χ1) is 19.5. The number of likely N-dealkylation sites (N-methyl/N-ethyl adjacent to an activating group) is 1. The Balaban J connectivity index is 1.83. The van der Waals surface area contributed by atoms with Crippen molar-refractivity contribution >= 4 is 29.2 Å². The molecule has 11 nitrogen and oxygen atoms in total. The van der Waals surface area contributed by atoms with Crippen LogP contribution in [0.25, 0.3) is 5.76 Å². The summed E-state index contributed by atoms with van der Waals surface area (Å²) in [6.07, 6.45) is 0.619. The number of benzene rings is 1. The van der Waals surface area contributed by atoms with E-state index in [2.05, 4.69) is 0 Å². The van der Waals surface area contributed by atoms with E-state index in [1.807, 2.05) is 20.8 Å². The van der Waals surface area contributed by atoms with Crippen LogP contribution in [0.3, 0.4) is 0 Å². The molecule has 4 aliphatic rings. The standard InChI is InChI=1S/C31H38N2O9/c1-12-14-10-11-15(30(2,3)4)22(34)17(14)23(35)18-16(12)25(42-29(40)13-8-7-9-13)20-21(33(5)6)24(36)19(28(32)39)27(38)31(20,41)26(18)37/h10-13,16,20-21,25,34-35,38,41H,7-9H2,1-6H3,(H2,32,39). The predicted molar refractivity (Wildman–Crippen MR) is 150 cm³/mol. The van der Waals surface area contributed by atoms with E-state index in [0.29, 0.717) is 24.0 Å². The molecule has 1 amide bonds. The SMILES string of the molecule is CC1c2ccc(C(C)(C)C)c(O)c2C(O)=C2C(=O)C3(O)C(O)=C(C(N)=O)C(=O)C(N(C)C)C3C(OC(=O)C3CCC3)C21. The van der Waals surface area contributed by atoms with Gasteiger partial charge in [0, 0.05) is 17.1 Å². The summed E-state index contributed by atoms with van der Waals surface area (Å²) in [5.74, 6) is -9.82. The third-order valence-corrected chi connectivity index (χ3v) is 9.60. The number of carbonyl (C=O) groups excluding carboxylic acids is 4. The third-order valence-electron chi connectivity index (χ3n) is 9.60. The summed E-state index contributed by atoms with van der Waals surface area (Å²) >= 11 is 0. The number of ketones is 2. The summed E-state index contributed by atoms with van der Waals surface area (Å²) in [5.41, 5.74) is 1.62. The monoisotopic (exact) mass is 582 g/mol. The second-order valence-corrected chi connectivity index (χ2v) is 13.3. The molecule has 6 unspecified atom stereocenters.